The van der Waals surface area contributed by atoms with Crippen LogP contribution in [0.3, 0.4) is 0 Å². The Hall–Kier alpha value is -1.41. The van der Waals surface area contributed by atoms with Crippen molar-refractivity contribution in [1.29, 1.82) is 0 Å². The minimum atomic E-state index is -0.0181. The van der Waals surface area contributed by atoms with Crippen LogP contribution in [0.15, 0.2) is 47.2 Å². The summed E-state index contributed by atoms with van der Waals surface area (Å²) in [5, 5.41) is 4.76. The van der Waals surface area contributed by atoms with Gasteiger partial charge in [0.2, 0.25) is 0 Å². The highest BCUT2D eigenvalue weighted by Crippen LogP contribution is 2.50. The van der Waals surface area contributed by atoms with E-state index in [1.807, 2.05) is 6.07 Å². The molecule has 1 aliphatic heterocycles. The molecule has 2 aliphatic rings. The van der Waals surface area contributed by atoms with Gasteiger partial charge in [0.15, 0.2) is 0 Å². The standard InChI is InChI=1S/C20H17BrIN3O/c21-12-2-5-18-14(8-12)17(10-20(26-18)6-1-7-20)25-19-15-9-13(22)3-4-16(15)23-11-24-19/h2-5,8-9,11,17H,1,6-7,10H2,(H,23,24,25). The molecule has 1 N–H and O–H groups in total. The molecular formula is C20H17BrIN3O. The number of nitrogens with one attached hydrogen (secondary N) is 1. The second-order valence-electron chi connectivity index (χ2n) is 7.11. The molecule has 0 saturated heterocycles. The second-order valence-corrected chi connectivity index (χ2v) is 9.27. The third kappa shape index (κ3) is 2.87. The van der Waals surface area contributed by atoms with Crippen LogP contribution in [0.2, 0.25) is 0 Å². The van der Waals surface area contributed by atoms with Gasteiger partial charge >= 0.3 is 0 Å². The van der Waals surface area contributed by atoms with E-state index < -0.39 is 0 Å². The molecule has 132 valence electrons. The predicted molar refractivity (Wildman–Crippen MR) is 115 cm³/mol. The molecule has 5 rings (SSSR count). The average molecular weight is 522 g/mol. The zero-order valence-corrected chi connectivity index (χ0v) is 17.7. The molecule has 1 aromatic heterocycles. The highest BCUT2D eigenvalue weighted by molar-refractivity contribution is 14.1. The first-order chi connectivity index (χ1) is 12.6. The topological polar surface area (TPSA) is 47.0 Å². The minimum absolute atomic E-state index is 0.0181. The Morgan fingerprint density at radius 1 is 1.15 bits per heavy atom. The van der Waals surface area contributed by atoms with E-state index in [0.717, 1.165) is 46.2 Å². The number of benzene rings is 2. The van der Waals surface area contributed by atoms with Crippen LogP contribution in [0.25, 0.3) is 10.9 Å². The SMILES string of the molecule is Brc1ccc2c(c1)C(Nc1ncnc3ccc(I)cc13)CC1(CCC1)O2. The maximum absolute atomic E-state index is 6.39. The van der Waals surface area contributed by atoms with Crippen LogP contribution >= 0.6 is 38.5 Å². The van der Waals surface area contributed by atoms with Gasteiger partial charge in [-0.25, -0.2) is 9.97 Å². The summed E-state index contributed by atoms with van der Waals surface area (Å²) in [6.07, 6.45) is 6.10. The number of hydrogen-bond acceptors (Lipinski definition) is 4. The first kappa shape index (κ1) is 16.7. The first-order valence-electron chi connectivity index (χ1n) is 8.77. The number of halogens is 2. The lowest BCUT2D eigenvalue weighted by Crippen LogP contribution is -2.48. The number of hydrogen-bond donors (Lipinski definition) is 1. The van der Waals surface area contributed by atoms with E-state index in [-0.39, 0.29) is 11.6 Å². The monoisotopic (exact) mass is 521 g/mol. The summed E-state index contributed by atoms with van der Waals surface area (Å²) in [7, 11) is 0. The Bertz CT molecular complexity index is 1010. The number of fused-ring (bicyclic) bond motifs is 2. The van der Waals surface area contributed by atoms with E-state index in [9.17, 15) is 0 Å². The van der Waals surface area contributed by atoms with Gasteiger partial charge in [-0.2, -0.15) is 0 Å². The average Bonchev–Trinajstić information content (AvgIpc) is 2.61. The minimum Gasteiger partial charge on any atom is -0.487 e. The molecular weight excluding hydrogens is 505 g/mol. The van der Waals surface area contributed by atoms with E-state index in [1.54, 1.807) is 6.33 Å². The number of rotatable bonds is 2. The molecule has 1 spiro atoms. The summed E-state index contributed by atoms with van der Waals surface area (Å²) in [5.74, 6) is 1.88. The Labute approximate surface area is 174 Å². The van der Waals surface area contributed by atoms with Gasteiger partial charge in [0, 0.05) is 25.4 Å². The van der Waals surface area contributed by atoms with Crippen LogP contribution in [-0.4, -0.2) is 15.6 Å². The fourth-order valence-electron chi connectivity index (χ4n) is 3.96. The van der Waals surface area contributed by atoms with Crippen LogP contribution in [0.1, 0.15) is 37.3 Å². The first-order valence-corrected chi connectivity index (χ1v) is 10.6. The summed E-state index contributed by atoms with van der Waals surface area (Å²) in [6, 6.07) is 12.7. The van der Waals surface area contributed by atoms with Gasteiger partial charge in [-0.3, -0.25) is 0 Å². The third-order valence-electron chi connectivity index (χ3n) is 5.42. The lowest BCUT2D eigenvalue weighted by Gasteiger charge is -2.48. The Morgan fingerprint density at radius 2 is 2.04 bits per heavy atom. The highest BCUT2D eigenvalue weighted by atomic mass is 127. The van der Waals surface area contributed by atoms with Gasteiger partial charge in [-0.15, -0.1) is 0 Å². The molecule has 2 aromatic carbocycles. The maximum atomic E-state index is 6.39. The van der Waals surface area contributed by atoms with Crippen LogP contribution in [-0.2, 0) is 0 Å². The molecule has 1 saturated carbocycles. The molecule has 1 unspecified atom stereocenters. The Balaban J connectivity index is 1.58. The smallest absolute Gasteiger partial charge is 0.137 e. The van der Waals surface area contributed by atoms with Crippen molar-refractivity contribution in [3.05, 3.63) is 56.3 Å². The molecule has 0 amide bonds. The molecule has 1 aliphatic carbocycles. The van der Waals surface area contributed by atoms with Gasteiger partial charge in [0.25, 0.3) is 0 Å². The van der Waals surface area contributed by atoms with Gasteiger partial charge in [0.05, 0.1) is 11.6 Å². The van der Waals surface area contributed by atoms with Crippen LogP contribution in [0.4, 0.5) is 5.82 Å². The van der Waals surface area contributed by atoms with Crippen LogP contribution in [0, 0.1) is 3.57 Å². The summed E-state index contributed by atoms with van der Waals surface area (Å²) < 4.78 is 8.64. The lowest BCUT2D eigenvalue weighted by molar-refractivity contribution is -0.0309. The zero-order chi connectivity index (χ0) is 17.7. The molecule has 4 nitrogen and oxygen atoms in total. The van der Waals surface area contributed by atoms with Crippen molar-refractivity contribution < 1.29 is 4.74 Å². The molecule has 0 radical (unpaired) electrons. The summed E-state index contributed by atoms with van der Waals surface area (Å²) in [6.45, 7) is 0. The normalized spacial score (nSPS) is 20.3. The van der Waals surface area contributed by atoms with E-state index in [2.05, 4.69) is 84.1 Å². The van der Waals surface area contributed by atoms with Gasteiger partial charge < -0.3 is 10.1 Å². The predicted octanol–water partition coefficient (Wildman–Crippen LogP) is 5.86. The van der Waals surface area contributed by atoms with E-state index in [0.29, 0.717) is 0 Å². The molecule has 3 aromatic rings. The number of ether oxygens (including phenoxy) is 1. The van der Waals surface area contributed by atoms with E-state index >= 15 is 0 Å². The summed E-state index contributed by atoms with van der Waals surface area (Å²) in [5.41, 5.74) is 2.13. The molecule has 1 atom stereocenters. The van der Waals surface area contributed by atoms with Crippen molar-refractivity contribution in [2.45, 2.75) is 37.3 Å². The van der Waals surface area contributed by atoms with Crippen molar-refractivity contribution in [2.24, 2.45) is 0 Å². The number of anilines is 1. The van der Waals surface area contributed by atoms with Crippen molar-refractivity contribution in [2.75, 3.05) is 5.32 Å². The molecule has 26 heavy (non-hydrogen) atoms. The van der Waals surface area contributed by atoms with E-state index in [1.165, 1.54) is 15.6 Å². The van der Waals surface area contributed by atoms with Gasteiger partial charge in [-0.1, -0.05) is 15.9 Å². The number of nitrogens with zero attached hydrogens (tertiary/aromatic N) is 2. The van der Waals surface area contributed by atoms with Crippen LogP contribution < -0.4 is 10.1 Å². The zero-order valence-electron chi connectivity index (χ0n) is 14.0. The lowest BCUT2D eigenvalue weighted by atomic mass is 9.73. The third-order valence-corrected chi connectivity index (χ3v) is 6.59. The van der Waals surface area contributed by atoms with Crippen molar-refractivity contribution in [3.63, 3.8) is 0 Å². The van der Waals surface area contributed by atoms with Gasteiger partial charge in [-0.05, 0) is 78.3 Å². The Kier molecular flexibility index (Phi) is 4.08. The van der Waals surface area contributed by atoms with Crippen molar-refractivity contribution in [1.82, 2.24) is 9.97 Å². The molecule has 6 heteroatoms. The Morgan fingerprint density at radius 3 is 2.85 bits per heavy atom. The largest absolute Gasteiger partial charge is 0.487 e. The summed E-state index contributed by atoms with van der Waals surface area (Å²) >= 11 is 5.93. The number of aromatic nitrogens is 2. The maximum Gasteiger partial charge on any atom is 0.137 e. The van der Waals surface area contributed by atoms with Crippen LogP contribution in [0.5, 0.6) is 5.75 Å². The molecule has 0 bridgehead atoms. The fourth-order valence-corrected chi connectivity index (χ4v) is 4.83. The van der Waals surface area contributed by atoms with E-state index in [4.69, 9.17) is 4.74 Å². The van der Waals surface area contributed by atoms with Crippen molar-refractivity contribution in [3.8, 4) is 5.75 Å². The van der Waals surface area contributed by atoms with Crippen molar-refractivity contribution >= 4 is 55.2 Å². The van der Waals surface area contributed by atoms with Gasteiger partial charge in [0.1, 0.15) is 23.5 Å². The summed E-state index contributed by atoms with van der Waals surface area (Å²) in [4.78, 5) is 8.95. The quantitative estimate of drug-likeness (QED) is 0.429. The highest BCUT2D eigenvalue weighted by Gasteiger charge is 2.45. The molecule has 1 fully saturated rings. The fraction of sp³-hybridized carbons (Fsp3) is 0.300. The molecule has 2 heterocycles. The second kappa shape index (κ2) is 6.34.